The van der Waals surface area contributed by atoms with Gasteiger partial charge in [-0.2, -0.15) is 0 Å². The smallest absolute Gasteiger partial charge is 0.177 e. The van der Waals surface area contributed by atoms with Gasteiger partial charge in [0.2, 0.25) is 0 Å². The monoisotopic (exact) mass is 288 g/mol. The Morgan fingerprint density at radius 2 is 2.05 bits per heavy atom. The van der Waals surface area contributed by atoms with Crippen molar-refractivity contribution in [2.24, 2.45) is 0 Å². The average Bonchev–Trinajstić information content (AvgIpc) is 2.77. The van der Waals surface area contributed by atoms with Gasteiger partial charge in [0.05, 0.1) is 17.7 Å². The summed E-state index contributed by atoms with van der Waals surface area (Å²) in [4.78, 5) is 19.9. The second-order valence-corrected chi connectivity index (χ2v) is 6.21. The lowest BCUT2D eigenvalue weighted by Gasteiger charge is -2.16. The van der Waals surface area contributed by atoms with Crippen LogP contribution in [0, 0.1) is 20.8 Å². The number of benzene rings is 1. The predicted octanol–water partition coefficient (Wildman–Crippen LogP) is 3.38. The minimum atomic E-state index is 0.177. The summed E-state index contributed by atoms with van der Waals surface area (Å²) in [5, 5.41) is 0. The SMILES string of the molecule is Cc1ccc(C)c(C(=O)CN(C)Cc2scnc2C)c1. The van der Waals surface area contributed by atoms with Crippen LogP contribution in [0.3, 0.4) is 0 Å². The minimum absolute atomic E-state index is 0.177. The Morgan fingerprint density at radius 3 is 2.70 bits per heavy atom. The molecule has 0 bridgehead atoms. The fourth-order valence-electron chi connectivity index (χ4n) is 2.15. The van der Waals surface area contributed by atoms with E-state index in [9.17, 15) is 4.79 Å². The van der Waals surface area contributed by atoms with Crippen molar-refractivity contribution in [1.29, 1.82) is 0 Å². The zero-order chi connectivity index (χ0) is 14.7. The number of aryl methyl sites for hydroxylation is 3. The number of rotatable bonds is 5. The molecule has 0 fully saturated rings. The molecular weight excluding hydrogens is 268 g/mol. The number of hydrogen-bond acceptors (Lipinski definition) is 4. The van der Waals surface area contributed by atoms with E-state index >= 15 is 0 Å². The van der Waals surface area contributed by atoms with E-state index in [0.717, 1.165) is 28.9 Å². The van der Waals surface area contributed by atoms with Crippen LogP contribution >= 0.6 is 11.3 Å². The van der Waals surface area contributed by atoms with Gasteiger partial charge >= 0.3 is 0 Å². The van der Waals surface area contributed by atoms with Crippen molar-refractivity contribution in [2.45, 2.75) is 27.3 Å². The lowest BCUT2D eigenvalue weighted by atomic mass is 10.0. The summed E-state index contributed by atoms with van der Waals surface area (Å²) in [6.07, 6.45) is 0. The van der Waals surface area contributed by atoms with Crippen molar-refractivity contribution in [1.82, 2.24) is 9.88 Å². The van der Waals surface area contributed by atoms with Gasteiger partial charge in [0.25, 0.3) is 0 Å². The Kier molecular flexibility index (Phi) is 4.68. The van der Waals surface area contributed by atoms with Crippen LogP contribution in [0.15, 0.2) is 23.7 Å². The zero-order valence-electron chi connectivity index (χ0n) is 12.4. The molecule has 20 heavy (non-hydrogen) atoms. The molecule has 1 aromatic carbocycles. The number of aromatic nitrogens is 1. The molecule has 0 spiro atoms. The number of carbonyl (C=O) groups is 1. The molecule has 0 N–H and O–H groups in total. The van der Waals surface area contributed by atoms with Gasteiger partial charge in [0.1, 0.15) is 0 Å². The molecule has 0 unspecified atom stereocenters. The van der Waals surface area contributed by atoms with Crippen molar-refractivity contribution >= 4 is 17.1 Å². The number of likely N-dealkylation sites (N-methyl/N-ethyl adjacent to an activating group) is 1. The number of Topliss-reactive ketones (excluding diaryl/α,β-unsaturated/α-hetero) is 1. The van der Waals surface area contributed by atoms with E-state index < -0.39 is 0 Å². The summed E-state index contributed by atoms with van der Waals surface area (Å²) < 4.78 is 0. The maximum atomic E-state index is 12.4. The minimum Gasteiger partial charge on any atom is -0.294 e. The Morgan fingerprint density at radius 1 is 1.30 bits per heavy atom. The van der Waals surface area contributed by atoms with E-state index in [4.69, 9.17) is 0 Å². The molecule has 0 aliphatic rings. The predicted molar refractivity (Wildman–Crippen MR) is 83.4 cm³/mol. The Bertz CT molecular complexity index is 619. The van der Waals surface area contributed by atoms with Crippen molar-refractivity contribution in [3.63, 3.8) is 0 Å². The number of thiazole rings is 1. The molecule has 0 saturated heterocycles. The maximum absolute atomic E-state index is 12.4. The van der Waals surface area contributed by atoms with Gasteiger partial charge in [-0.3, -0.25) is 9.69 Å². The fourth-order valence-corrected chi connectivity index (χ4v) is 3.00. The van der Waals surface area contributed by atoms with Crippen LogP contribution in [0.4, 0.5) is 0 Å². The van der Waals surface area contributed by atoms with Crippen LogP contribution in [0.25, 0.3) is 0 Å². The zero-order valence-corrected chi connectivity index (χ0v) is 13.3. The fraction of sp³-hybridized carbons (Fsp3) is 0.375. The van der Waals surface area contributed by atoms with E-state index in [0.29, 0.717) is 6.54 Å². The van der Waals surface area contributed by atoms with E-state index in [1.54, 1.807) is 11.3 Å². The molecule has 0 radical (unpaired) electrons. The summed E-state index contributed by atoms with van der Waals surface area (Å²) in [7, 11) is 1.97. The van der Waals surface area contributed by atoms with Gasteiger partial charge in [-0.1, -0.05) is 17.7 Å². The first-order valence-electron chi connectivity index (χ1n) is 6.65. The van der Waals surface area contributed by atoms with Crippen LogP contribution in [0.1, 0.15) is 32.1 Å². The first-order valence-corrected chi connectivity index (χ1v) is 7.53. The molecule has 0 saturated carbocycles. The summed E-state index contributed by atoms with van der Waals surface area (Å²) >= 11 is 1.64. The summed E-state index contributed by atoms with van der Waals surface area (Å²) in [6.45, 7) is 7.21. The third kappa shape index (κ3) is 3.52. The molecule has 3 nitrogen and oxygen atoms in total. The average molecular weight is 288 g/mol. The highest BCUT2D eigenvalue weighted by Gasteiger charge is 2.13. The highest BCUT2D eigenvalue weighted by atomic mass is 32.1. The molecule has 1 aromatic heterocycles. The second kappa shape index (κ2) is 6.29. The molecule has 2 rings (SSSR count). The highest BCUT2D eigenvalue weighted by Crippen LogP contribution is 2.16. The number of nitrogens with zero attached hydrogens (tertiary/aromatic N) is 2. The first-order chi connectivity index (χ1) is 9.47. The Labute approximate surface area is 124 Å². The molecular formula is C16H20N2OS. The van der Waals surface area contributed by atoms with Crippen LogP contribution < -0.4 is 0 Å². The van der Waals surface area contributed by atoms with Gasteiger partial charge in [-0.25, -0.2) is 4.98 Å². The standard InChI is InChI=1S/C16H20N2OS/c1-11-5-6-12(2)14(7-11)15(19)8-18(4)9-16-13(3)17-10-20-16/h5-7,10H,8-9H2,1-4H3. The summed E-state index contributed by atoms with van der Waals surface area (Å²) in [5.41, 5.74) is 5.91. The van der Waals surface area contributed by atoms with Crippen molar-refractivity contribution < 1.29 is 4.79 Å². The molecule has 106 valence electrons. The lowest BCUT2D eigenvalue weighted by molar-refractivity contribution is 0.0942. The topological polar surface area (TPSA) is 33.2 Å². The number of hydrogen-bond donors (Lipinski definition) is 0. The van der Waals surface area contributed by atoms with E-state index in [-0.39, 0.29) is 5.78 Å². The van der Waals surface area contributed by atoms with Gasteiger partial charge in [0.15, 0.2) is 5.78 Å². The van der Waals surface area contributed by atoms with Crippen LogP contribution in [-0.4, -0.2) is 29.3 Å². The maximum Gasteiger partial charge on any atom is 0.177 e. The van der Waals surface area contributed by atoms with Crippen molar-refractivity contribution in [2.75, 3.05) is 13.6 Å². The lowest BCUT2D eigenvalue weighted by Crippen LogP contribution is -2.26. The van der Waals surface area contributed by atoms with E-state index in [1.165, 1.54) is 4.88 Å². The van der Waals surface area contributed by atoms with Crippen LogP contribution in [0.5, 0.6) is 0 Å². The van der Waals surface area contributed by atoms with E-state index in [1.807, 2.05) is 56.4 Å². The number of ketones is 1. The van der Waals surface area contributed by atoms with Gasteiger partial charge in [-0.05, 0) is 39.4 Å². The molecule has 0 aliphatic heterocycles. The van der Waals surface area contributed by atoms with Gasteiger partial charge in [0, 0.05) is 17.0 Å². The highest BCUT2D eigenvalue weighted by molar-refractivity contribution is 7.09. The van der Waals surface area contributed by atoms with E-state index in [2.05, 4.69) is 4.98 Å². The van der Waals surface area contributed by atoms with Crippen LogP contribution in [-0.2, 0) is 6.54 Å². The molecule has 2 aromatic rings. The molecule has 0 aliphatic carbocycles. The summed E-state index contributed by atoms with van der Waals surface area (Å²) in [6, 6.07) is 6.02. The Hall–Kier alpha value is -1.52. The quantitative estimate of drug-likeness (QED) is 0.791. The van der Waals surface area contributed by atoms with Crippen LogP contribution in [0.2, 0.25) is 0 Å². The second-order valence-electron chi connectivity index (χ2n) is 5.27. The summed E-state index contributed by atoms with van der Waals surface area (Å²) in [5.74, 6) is 0.177. The largest absolute Gasteiger partial charge is 0.294 e. The third-order valence-corrected chi connectivity index (χ3v) is 4.29. The van der Waals surface area contributed by atoms with Gasteiger partial charge in [-0.15, -0.1) is 11.3 Å². The van der Waals surface area contributed by atoms with Gasteiger partial charge < -0.3 is 0 Å². The first kappa shape index (κ1) is 14.9. The molecule has 4 heteroatoms. The molecule has 0 amide bonds. The molecule has 0 atom stereocenters. The van der Waals surface area contributed by atoms with Crippen molar-refractivity contribution in [3.05, 3.63) is 51.0 Å². The normalized spacial score (nSPS) is 11.1. The number of carbonyl (C=O) groups excluding carboxylic acids is 1. The Balaban J connectivity index is 2.04. The molecule has 1 heterocycles. The third-order valence-electron chi connectivity index (χ3n) is 3.37. The van der Waals surface area contributed by atoms with Crippen molar-refractivity contribution in [3.8, 4) is 0 Å².